The van der Waals surface area contributed by atoms with Crippen molar-refractivity contribution in [2.24, 2.45) is 0 Å². The van der Waals surface area contributed by atoms with E-state index in [-0.39, 0.29) is 17.7 Å². The Labute approximate surface area is 94.0 Å². The van der Waals surface area contributed by atoms with Crippen molar-refractivity contribution in [2.45, 2.75) is 39.0 Å². The van der Waals surface area contributed by atoms with Gasteiger partial charge >= 0.3 is 0 Å². The first kappa shape index (κ1) is 10.9. The van der Waals surface area contributed by atoms with Gasteiger partial charge in [-0.1, -0.05) is 6.92 Å². The Kier molecular flexibility index (Phi) is 2.81. The molecule has 1 fully saturated rings. The van der Waals surface area contributed by atoms with Crippen molar-refractivity contribution in [2.75, 3.05) is 0 Å². The van der Waals surface area contributed by atoms with Crippen LogP contribution >= 0.6 is 0 Å². The molecule has 0 aromatic carbocycles. The van der Waals surface area contributed by atoms with Crippen LogP contribution < -0.4 is 5.32 Å². The second kappa shape index (κ2) is 4.12. The fourth-order valence-electron chi connectivity index (χ4n) is 2.23. The van der Waals surface area contributed by atoms with E-state index in [1.807, 2.05) is 13.8 Å². The average molecular weight is 221 g/mol. The molecule has 16 heavy (non-hydrogen) atoms. The summed E-state index contributed by atoms with van der Waals surface area (Å²) in [4.78, 5) is 22.8. The number of piperidine rings is 1. The van der Waals surface area contributed by atoms with Crippen molar-refractivity contribution in [1.82, 2.24) is 5.32 Å². The van der Waals surface area contributed by atoms with Crippen LogP contribution in [-0.4, -0.2) is 11.8 Å². The van der Waals surface area contributed by atoms with Gasteiger partial charge in [0.05, 0.1) is 12.2 Å². The van der Waals surface area contributed by atoms with Gasteiger partial charge in [0.15, 0.2) is 0 Å². The Morgan fingerprint density at radius 1 is 1.50 bits per heavy atom. The highest BCUT2D eigenvalue weighted by Crippen LogP contribution is 2.30. The predicted octanol–water partition coefficient (Wildman–Crippen LogP) is 1.67. The van der Waals surface area contributed by atoms with E-state index >= 15 is 0 Å². The molecule has 2 amide bonds. The van der Waals surface area contributed by atoms with Crippen molar-refractivity contribution < 1.29 is 14.0 Å². The fourth-order valence-corrected chi connectivity index (χ4v) is 2.23. The summed E-state index contributed by atoms with van der Waals surface area (Å²) in [6.45, 7) is 3.93. The minimum absolute atomic E-state index is 0.181. The third-order valence-electron chi connectivity index (χ3n) is 3.10. The summed E-state index contributed by atoms with van der Waals surface area (Å²) >= 11 is 0. The summed E-state index contributed by atoms with van der Waals surface area (Å²) in [7, 11) is 0. The molecule has 0 spiro atoms. The van der Waals surface area contributed by atoms with Crippen LogP contribution in [0.4, 0.5) is 0 Å². The fraction of sp³-hybridized carbons (Fsp3) is 0.500. The van der Waals surface area contributed by atoms with Gasteiger partial charge in [0, 0.05) is 12.0 Å². The lowest BCUT2D eigenvalue weighted by Crippen LogP contribution is -2.39. The van der Waals surface area contributed by atoms with E-state index in [1.54, 1.807) is 6.26 Å². The monoisotopic (exact) mass is 221 g/mol. The molecule has 1 aliphatic rings. The third-order valence-corrected chi connectivity index (χ3v) is 3.10. The Morgan fingerprint density at radius 2 is 2.25 bits per heavy atom. The molecule has 0 radical (unpaired) electrons. The van der Waals surface area contributed by atoms with E-state index in [0.29, 0.717) is 12.8 Å². The zero-order valence-corrected chi connectivity index (χ0v) is 9.50. The number of amides is 2. The first-order chi connectivity index (χ1) is 7.63. The Balaban J connectivity index is 2.30. The summed E-state index contributed by atoms with van der Waals surface area (Å²) in [5.41, 5.74) is 2.03. The molecule has 0 aliphatic carbocycles. The molecule has 1 aromatic rings. The maximum atomic E-state index is 11.7. The molecule has 4 heteroatoms. The van der Waals surface area contributed by atoms with Gasteiger partial charge in [-0.25, -0.2) is 0 Å². The number of carbonyl (C=O) groups is 2. The minimum atomic E-state index is -0.231. The van der Waals surface area contributed by atoms with E-state index in [2.05, 4.69) is 5.32 Å². The van der Waals surface area contributed by atoms with E-state index in [4.69, 9.17) is 4.42 Å². The first-order valence-electron chi connectivity index (χ1n) is 5.54. The molecule has 4 nitrogen and oxygen atoms in total. The Morgan fingerprint density at radius 3 is 2.88 bits per heavy atom. The van der Waals surface area contributed by atoms with Crippen LogP contribution in [0, 0.1) is 6.92 Å². The van der Waals surface area contributed by atoms with Gasteiger partial charge in [-0.2, -0.15) is 0 Å². The normalized spacial score (nSPS) is 21.0. The molecule has 1 unspecified atom stereocenters. The minimum Gasteiger partial charge on any atom is -0.469 e. The predicted molar refractivity (Wildman–Crippen MR) is 57.9 cm³/mol. The highest BCUT2D eigenvalue weighted by molar-refractivity contribution is 6.01. The zero-order chi connectivity index (χ0) is 11.7. The molecule has 86 valence electrons. The molecule has 1 saturated heterocycles. The number of furan rings is 1. The Hall–Kier alpha value is -1.58. The van der Waals surface area contributed by atoms with E-state index in [1.165, 1.54) is 0 Å². The molecule has 1 aliphatic heterocycles. The summed E-state index contributed by atoms with van der Waals surface area (Å²) < 4.78 is 5.35. The van der Waals surface area contributed by atoms with Gasteiger partial charge in [0.25, 0.3) is 0 Å². The molecule has 1 N–H and O–H groups in total. The number of hydrogen-bond acceptors (Lipinski definition) is 3. The lowest BCUT2D eigenvalue weighted by atomic mass is 9.88. The third kappa shape index (κ3) is 1.75. The number of nitrogens with one attached hydrogen (secondary N) is 1. The quantitative estimate of drug-likeness (QED) is 0.773. The van der Waals surface area contributed by atoms with Crippen LogP contribution in [0.1, 0.15) is 42.6 Å². The highest BCUT2D eigenvalue weighted by Gasteiger charge is 2.30. The van der Waals surface area contributed by atoms with E-state index in [9.17, 15) is 9.59 Å². The second-order valence-corrected chi connectivity index (χ2v) is 4.08. The highest BCUT2D eigenvalue weighted by atomic mass is 16.3. The summed E-state index contributed by atoms with van der Waals surface area (Å²) in [6, 6.07) is 0. The lowest BCUT2D eigenvalue weighted by Gasteiger charge is -2.20. The van der Waals surface area contributed by atoms with Crippen molar-refractivity contribution >= 4 is 11.8 Å². The van der Waals surface area contributed by atoms with Gasteiger partial charge in [-0.15, -0.1) is 0 Å². The summed E-state index contributed by atoms with van der Waals surface area (Å²) in [5.74, 6) is 0.249. The molecule has 1 aromatic heterocycles. The molecule has 2 heterocycles. The largest absolute Gasteiger partial charge is 0.469 e. The first-order valence-corrected chi connectivity index (χ1v) is 5.54. The maximum absolute atomic E-state index is 11.7. The zero-order valence-electron chi connectivity index (χ0n) is 9.50. The number of rotatable bonds is 2. The van der Waals surface area contributed by atoms with Crippen LogP contribution in [-0.2, 0) is 16.0 Å². The average Bonchev–Trinajstić information content (AvgIpc) is 2.59. The molecular formula is C12H15NO3. The van der Waals surface area contributed by atoms with Crippen LogP contribution in [0.3, 0.4) is 0 Å². The maximum Gasteiger partial charge on any atom is 0.234 e. The van der Waals surface area contributed by atoms with Crippen molar-refractivity contribution in [3.63, 3.8) is 0 Å². The van der Waals surface area contributed by atoms with Gasteiger partial charge in [-0.3, -0.25) is 14.9 Å². The van der Waals surface area contributed by atoms with Gasteiger partial charge < -0.3 is 4.42 Å². The van der Waals surface area contributed by atoms with Crippen molar-refractivity contribution in [3.8, 4) is 0 Å². The van der Waals surface area contributed by atoms with Crippen LogP contribution in [0.2, 0.25) is 0 Å². The van der Waals surface area contributed by atoms with Crippen molar-refractivity contribution in [3.05, 3.63) is 23.2 Å². The van der Waals surface area contributed by atoms with Crippen LogP contribution in [0.5, 0.6) is 0 Å². The van der Waals surface area contributed by atoms with Gasteiger partial charge in [-0.05, 0) is 25.3 Å². The Bertz CT molecular complexity index is 433. The van der Waals surface area contributed by atoms with E-state index < -0.39 is 0 Å². The number of carbonyl (C=O) groups excluding carboxylic acids is 2. The van der Waals surface area contributed by atoms with Gasteiger partial charge in [0.1, 0.15) is 5.76 Å². The molecular weight excluding hydrogens is 206 g/mol. The SMILES string of the molecule is CCc1c(C2CCC(=O)NC2=O)coc1C. The van der Waals surface area contributed by atoms with Crippen LogP contribution in [0.25, 0.3) is 0 Å². The lowest BCUT2D eigenvalue weighted by molar-refractivity contribution is -0.134. The number of hydrogen-bond donors (Lipinski definition) is 1. The number of aryl methyl sites for hydroxylation is 1. The van der Waals surface area contributed by atoms with Gasteiger partial charge in [0.2, 0.25) is 11.8 Å². The second-order valence-electron chi connectivity index (χ2n) is 4.08. The number of imide groups is 1. The molecule has 1 atom stereocenters. The topological polar surface area (TPSA) is 59.3 Å². The van der Waals surface area contributed by atoms with Crippen LogP contribution in [0.15, 0.2) is 10.7 Å². The summed E-state index contributed by atoms with van der Waals surface area (Å²) in [6.07, 6.45) is 3.48. The van der Waals surface area contributed by atoms with Crippen molar-refractivity contribution in [1.29, 1.82) is 0 Å². The molecule has 0 saturated carbocycles. The van der Waals surface area contributed by atoms with E-state index in [0.717, 1.165) is 23.3 Å². The smallest absolute Gasteiger partial charge is 0.234 e. The molecule has 0 bridgehead atoms. The standard InChI is InChI=1S/C12H15NO3/c1-3-8-7(2)16-6-10(8)9-4-5-11(14)13-12(9)15/h6,9H,3-5H2,1-2H3,(H,13,14,15). The summed E-state index contributed by atoms with van der Waals surface area (Å²) in [5, 5.41) is 2.37. The molecule has 2 rings (SSSR count).